The number of rotatable bonds is 0. The summed E-state index contributed by atoms with van der Waals surface area (Å²) in [6, 6.07) is 0. The van der Waals surface area contributed by atoms with Gasteiger partial charge in [0, 0.05) is 24.7 Å². The summed E-state index contributed by atoms with van der Waals surface area (Å²) in [5.41, 5.74) is 0. The van der Waals surface area contributed by atoms with Crippen LogP contribution in [0.3, 0.4) is 0 Å². The molecule has 0 aromatic rings. The van der Waals surface area contributed by atoms with E-state index in [1.807, 2.05) is 13.8 Å². The largest absolute Gasteiger partial charge is 0.299 e. The maximum absolute atomic E-state index is 11.3. The molecule has 0 radical (unpaired) electrons. The molecule has 1 aliphatic rings. The zero-order valence-electron chi connectivity index (χ0n) is 7.80. The summed E-state index contributed by atoms with van der Waals surface area (Å²) in [6.45, 7) is 3.86. The lowest BCUT2D eigenvalue weighted by Gasteiger charge is -2.18. The van der Waals surface area contributed by atoms with Crippen LogP contribution in [0.1, 0.15) is 39.5 Å². The van der Waals surface area contributed by atoms with Crippen molar-refractivity contribution in [2.24, 2.45) is 11.8 Å². The molecule has 0 aromatic heterocycles. The van der Waals surface area contributed by atoms with Gasteiger partial charge >= 0.3 is 0 Å². The van der Waals surface area contributed by atoms with Gasteiger partial charge in [-0.1, -0.05) is 13.8 Å². The molecule has 0 aromatic carbocycles. The normalized spacial score (nSPS) is 32.8. The second kappa shape index (κ2) is 3.83. The SMILES string of the molecule is C[C@@H]1C[C@@H](C)C(=O)CCCC1=O. The fourth-order valence-corrected chi connectivity index (χ4v) is 1.72. The summed E-state index contributed by atoms with van der Waals surface area (Å²) in [7, 11) is 0. The summed E-state index contributed by atoms with van der Waals surface area (Å²) in [5.74, 6) is 0.831. The first-order valence-corrected chi connectivity index (χ1v) is 4.66. The lowest BCUT2D eigenvalue weighted by Crippen LogP contribution is -2.22. The van der Waals surface area contributed by atoms with Crippen molar-refractivity contribution in [3.8, 4) is 0 Å². The Kier molecular flexibility index (Phi) is 3.01. The van der Waals surface area contributed by atoms with Crippen LogP contribution >= 0.6 is 0 Å². The second-order valence-corrected chi connectivity index (χ2v) is 3.82. The summed E-state index contributed by atoms with van der Waals surface area (Å²) < 4.78 is 0. The highest BCUT2D eigenvalue weighted by Crippen LogP contribution is 2.21. The van der Waals surface area contributed by atoms with Crippen LogP contribution in [-0.2, 0) is 9.59 Å². The average molecular weight is 168 g/mol. The number of hydrogen-bond donors (Lipinski definition) is 0. The Hall–Kier alpha value is -0.660. The first-order chi connectivity index (χ1) is 5.61. The Morgan fingerprint density at radius 2 is 1.42 bits per heavy atom. The molecule has 0 spiro atoms. The minimum atomic E-state index is 0.0873. The van der Waals surface area contributed by atoms with Crippen molar-refractivity contribution in [2.75, 3.05) is 0 Å². The zero-order valence-corrected chi connectivity index (χ0v) is 7.80. The number of carbonyl (C=O) groups excluding carboxylic acids is 2. The zero-order chi connectivity index (χ0) is 9.14. The standard InChI is InChI=1S/C10H16O2/c1-7-6-8(2)10(12)5-3-4-9(7)11/h7-8H,3-6H2,1-2H3/t7-,8-/m1/s1. The van der Waals surface area contributed by atoms with Crippen LogP contribution in [0.4, 0.5) is 0 Å². The smallest absolute Gasteiger partial charge is 0.135 e. The van der Waals surface area contributed by atoms with Gasteiger partial charge in [0.2, 0.25) is 0 Å². The van der Waals surface area contributed by atoms with Gasteiger partial charge in [0.1, 0.15) is 11.6 Å². The molecule has 0 unspecified atom stereocenters. The Morgan fingerprint density at radius 3 is 1.83 bits per heavy atom. The molecule has 0 bridgehead atoms. The molecule has 0 amide bonds. The highest BCUT2D eigenvalue weighted by molar-refractivity contribution is 5.86. The minimum absolute atomic E-state index is 0.0873. The van der Waals surface area contributed by atoms with Crippen molar-refractivity contribution in [3.63, 3.8) is 0 Å². The van der Waals surface area contributed by atoms with E-state index >= 15 is 0 Å². The van der Waals surface area contributed by atoms with Gasteiger partial charge < -0.3 is 0 Å². The third-order valence-corrected chi connectivity index (χ3v) is 2.65. The predicted octanol–water partition coefficient (Wildman–Crippen LogP) is 1.97. The predicted molar refractivity (Wildman–Crippen MR) is 46.8 cm³/mol. The molecular weight excluding hydrogens is 152 g/mol. The van der Waals surface area contributed by atoms with Gasteiger partial charge in [-0.3, -0.25) is 9.59 Å². The van der Waals surface area contributed by atoms with Crippen molar-refractivity contribution in [2.45, 2.75) is 39.5 Å². The summed E-state index contributed by atoms with van der Waals surface area (Å²) in [4.78, 5) is 22.6. The van der Waals surface area contributed by atoms with Gasteiger partial charge in [-0.05, 0) is 12.8 Å². The fourth-order valence-electron chi connectivity index (χ4n) is 1.72. The molecule has 12 heavy (non-hydrogen) atoms. The van der Waals surface area contributed by atoms with Crippen LogP contribution in [0.25, 0.3) is 0 Å². The molecule has 0 aliphatic heterocycles. The molecule has 1 rings (SSSR count). The van der Waals surface area contributed by atoms with Crippen molar-refractivity contribution >= 4 is 11.6 Å². The lowest BCUT2D eigenvalue weighted by molar-refractivity contribution is -0.127. The number of ketones is 2. The van der Waals surface area contributed by atoms with E-state index in [1.165, 1.54) is 0 Å². The number of carbonyl (C=O) groups is 2. The topological polar surface area (TPSA) is 34.1 Å². The molecule has 0 heterocycles. The average Bonchev–Trinajstić information content (AvgIpc) is 2.02. The van der Waals surface area contributed by atoms with Crippen LogP contribution in [0.2, 0.25) is 0 Å². The van der Waals surface area contributed by atoms with Crippen molar-refractivity contribution in [1.82, 2.24) is 0 Å². The van der Waals surface area contributed by atoms with Gasteiger partial charge in [0.25, 0.3) is 0 Å². The van der Waals surface area contributed by atoms with E-state index in [0.717, 1.165) is 12.8 Å². The van der Waals surface area contributed by atoms with E-state index in [1.54, 1.807) is 0 Å². The molecule has 2 atom stereocenters. The molecule has 2 nitrogen and oxygen atoms in total. The highest BCUT2D eigenvalue weighted by Gasteiger charge is 2.23. The second-order valence-electron chi connectivity index (χ2n) is 3.82. The van der Waals surface area contributed by atoms with E-state index in [0.29, 0.717) is 24.4 Å². The van der Waals surface area contributed by atoms with Gasteiger partial charge in [-0.2, -0.15) is 0 Å². The Bertz CT molecular complexity index is 176. The van der Waals surface area contributed by atoms with Crippen LogP contribution in [0.5, 0.6) is 0 Å². The lowest BCUT2D eigenvalue weighted by atomic mass is 9.85. The molecule has 2 heteroatoms. The third-order valence-electron chi connectivity index (χ3n) is 2.65. The summed E-state index contributed by atoms with van der Waals surface area (Å²) in [5, 5.41) is 0. The Labute approximate surface area is 73.3 Å². The van der Waals surface area contributed by atoms with Gasteiger partial charge in [0.05, 0.1) is 0 Å². The molecule has 68 valence electrons. The monoisotopic (exact) mass is 168 g/mol. The van der Waals surface area contributed by atoms with Crippen molar-refractivity contribution in [3.05, 3.63) is 0 Å². The minimum Gasteiger partial charge on any atom is -0.299 e. The maximum atomic E-state index is 11.3. The van der Waals surface area contributed by atoms with E-state index in [-0.39, 0.29) is 11.8 Å². The molecular formula is C10H16O2. The third kappa shape index (κ3) is 2.16. The maximum Gasteiger partial charge on any atom is 0.135 e. The quantitative estimate of drug-likeness (QED) is 0.554. The van der Waals surface area contributed by atoms with Crippen LogP contribution in [0.15, 0.2) is 0 Å². The van der Waals surface area contributed by atoms with E-state index in [4.69, 9.17) is 0 Å². The van der Waals surface area contributed by atoms with Gasteiger partial charge in [0.15, 0.2) is 0 Å². The summed E-state index contributed by atoms with van der Waals surface area (Å²) >= 11 is 0. The van der Waals surface area contributed by atoms with Crippen LogP contribution in [-0.4, -0.2) is 11.6 Å². The van der Waals surface area contributed by atoms with Gasteiger partial charge in [-0.15, -0.1) is 0 Å². The number of Topliss-reactive ketones (excluding diaryl/α,β-unsaturated/α-hetero) is 2. The molecule has 1 saturated carbocycles. The molecule has 0 saturated heterocycles. The first-order valence-electron chi connectivity index (χ1n) is 4.66. The molecule has 1 fully saturated rings. The Morgan fingerprint density at radius 1 is 1.00 bits per heavy atom. The number of hydrogen-bond acceptors (Lipinski definition) is 2. The van der Waals surface area contributed by atoms with E-state index in [2.05, 4.69) is 0 Å². The molecule has 1 aliphatic carbocycles. The first kappa shape index (κ1) is 9.43. The van der Waals surface area contributed by atoms with E-state index < -0.39 is 0 Å². The van der Waals surface area contributed by atoms with E-state index in [9.17, 15) is 9.59 Å². The summed E-state index contributed by atoms with van der Waals surface area (Å²) in [6.07, 6.45) is 2.70. The molecule has 0 N–H and O–H groups in total. The van der Waals surface area contributed by atoms with Crippen LogP contribution in [0, 0.1) is 11.8 Å². The van der Waals surface area contributed by atoms with Crippen molar-refractivity contribution < 1.29 is 9.59 Å². The highest BCUT2D eigenvalue weighted by atomic mass is 16.1. The van der Waals surface area contributed by atoms with Gasteiger partial charge in [-0.25, -0.2) is 0 Å². The van der Waals surface area contributed by atoms with Crippen molar-refractivity contribution in [1.29, 1.82) is 0 Å². The van der Waals surface area contributed by atoms with Crippen LogP contribution < -0.4 is 0 Å². The Balaban J connectivity index is 2.60. The fraction of sp³-hybridized carbons (Fsp3) is 0.800.